The average molecular weight is 284 g/mol. The number of benzene rings is 1. The zero-order valence-electron chi connectivity index (χ0n) is 11.7. The van der Waals surface area contributed by atoms with E-state index in [9.17, 15) is 4.79 Å². The van der Waals surface area contributed by atoms with Gasteiger partial charge in [0.1, 0.15) is 18.7 Å². The van der Waals surface area contributed by atoms with E-state index >= 15 is 0 Å². The maximum atomic E-state index is 12.5. The quantitative estimate of drug-likeness (QED) is 0.931. The van der Waals surface area contributed by atoms with E-state index in [1.54, 1.807) is 0 Å². The predicted molar refractivity (Wildman–Crippen MR) is 80.4 cm³/mol. The summed E-state index contributed by atoms with van der Waals surface area (Å²) in [6.07, 6.45) is 1.84. The minimum atomic E-state index is -0.112. The highest BCUT2D eigenvalue weighted by molar-refractivity contribution is 6.07. The second kappa shape index (κ2) is 6.37. The monoisotopic (exact) mass is 284 g/mol. The van der Waals surface area contributed by atoms with Gasteiger partial charge in [-0.05, 0) is 24.3 Å². The first-order valence-electron chi connectivity index (χ1n) is 7.04. The summed E-state index contributed by atoms with van der Waals surface area (Å²) in [5.74, 6) is 0.730. The van der Waals surface area contributed by atoms with Crippen molar-refractivity contribution in [2.75, 3.05) is 36.5 Å². The number of carbonyl (C=O) groups is 1. The van der Waals surface area contributed by atoms with Gasteiger partial charge in [-0.25, -0.2) is 4.98 Å². The van der Waals surface area contributed by atoms with Gasteiger partial charge in [-0.15, -0.1) is 0 Å². The molecular weight excluding hydrogens is 266 g/mol. The number of ether oxygens (including phenoxy) is 1. The SMILES string of the molecule is O=C(Nc1ccccc1)c1ccc[nH+]c1N1CCOCC1. The van der Waals surface area contributed by atoms with Crippen LogP contribution in [0.5, 0.6) is 0 Å². The summed E-state index contributed by atoms with van der Waals surface area (Å²) in [6.45, 7) is 2.93. The summed E-state index contributed by atoms with van der Waals surface area (Å²) in [5, 5.41) is 2.92. The number of rotatable bonds is 3. The predicted octanol–water partition coefficient (Wildman–Crippen LogP) is 1.59. The number of amides is 1. The summed E-state index contributed by atoms with van der Waals surface area (Å²) in [5.41, 5.74) is 1.43. The van der Waals surface area contributed by atoms with E-state index in [2.05, 4.69) is 15.2 Å². The molecule has 0 saturated carbocycles. The molecule has 1 saturated heterocycles. The maximum Gasteiger partial charge on any atom is 0.287 e. The van der Waals surface area contributed by atoms with Crippen molar-refractivity contribution in [3.63, 3.8) is 0 Å². The van der Waals surface area contributed by atoms with Crippen LogP contribution in [0.4, 0.5) is 11.5 Å². The van der Waals surface area contributed by atoms with Crippen LogP contribution in [0.1, 0.15) is 10.4 Å². The zero-order chi connectivity index (χ0) is 14.5. The molecule has 1 aliphatic rings. The first-order valence-corrected chi connectivity index (χ1v) is 7.04. The normalized spacial score (nSPS) is 14.8. The Labute approximate surface area is 123 Å². The number of aromatic nitrogens is 1. The number of H-pyrrole nitrogens is 1. The standard InChI is InChI=1S/C16H17N3O2/c20-16(18-13-5-2-1-3-6-13)14-7-4-8-17-15(14)19-9-11-21-12-10-19/h1-8H,9-12H2,(H,18,20)/p+1. The fourth-order valence-corrected chi connectivity index (χ4v) is 2.38. The van der Waals surface area contributed by atoms with Gasteiger partial charge in [0.2, 0.25) is 0 Å². The third-order valence-electron chi connectivity index (χ3n) is 3.44. The maximum absolute atomic E-state index is 12.5. The molecule has 0 spiro atoms. The molecule has 5 heteroatoms. The molecule has 1 aromatic heterocycles. The molecule has 2 aromatic rings. The topological polar surface area (TPSA) is 55.7 Å². The summed E-state index contributed by atoms with van der Waals surface area (Å²) in [7, 11) is 0. The van der Waals surface area contributed by atoms with E-state index < -0.39 is 0 Å². The van der Waals surface area contributed by atoms with E-state index in [1.807, 2.05) is 48.7 Å². The molecule has 108 valence electrons. The molecule has 21 heavy (non-hydrogen) atoms. The molecule has 1 fully saturated rings. The third kappa shape index (κ3) is 3.20. The van der Waals surface area contributed by atoms with Crippen molar-refractivity contribution in [3.8, 4) is 0 Å². The Hall–Kier alpha value is -2.40. The zero-order valence-corrected chi connectivity index (χ0v) is 11.7. The van der Waals surface area contributed by atoms with Crippen LogP contribution in [0.3, 0.4) is 0 Å². The molecule has 3 rings (SSSR count). The van der Waals surface area contributed by atoms with Gasteiger partial charge in [0, 0.05) is 5.69 Å². The van der Waals surface area contributed by atoms with Gasteiger partial charge in [-0.1, -0.05) is 18.2 Å². The Balaban J connectivity index is 1.82. The second-order valence-electron chi connectivity index (χ2n) is 4.85. The molecule has 0 atom stereocenters. The fraction of sp³-hybridized carbons (Fsp3) is 0.250. The first-order chi connectivity index (χ1) is 10.3. The number of pyridine rings is 1. The van der Waals surface area contributed by atoms with Gasteiger partial charge < -0.3 is 10.1 Å². The molecule has 0 unspecified atom stereocenters. The Morgan fingerprint density at radius 1 is 1.10 bits per heavy atom. The highest BCUT2D eigenvalue weighted by Crippen LogP contribution is 2.17. The van der Waals surface area contributed by atoms with Crippen LogP contribution in [0.25, 0.3) is 0 Å². The van der Waals surface area contributed by atoms with Crippen LogP contribution in [0.15, 0.2) is 48.7 Å². The molecule has 0 radical (unpaired) electrons. The molecule has 2 heterocycles. The van der Waals surface area contributed by atoms with Gasteiger partial charge >= 0.3 is 0 Å². The second-order valence-corrected chi connectivity index (χ2v) is 4.85. The van der Waals surface area contributed by atoms with Gasteiger partial charge in [0.05, 0.1) is 19.4 Å². The minimum Gasteiger partial charge on any atom is -0.373 e. The van der Waals surface area contributed by atoms with E-state index in [1.165, 1.54) is 0 Å². The minimum absolute atomic E-state index is 0.112. The van der Waals surface area contributed by atoms with Crippen LogP contribution in [0.2, 0.25) is 0 Å². The van der Waals surface area contributed by atoms with Crippen molar-refractivity contribution in [2.45, 2.75) is 0 Å². The highest BCUT2D eigenvalue weighted by atomic mass is 16.5. The van der Waals surface area contributed by atoms with E-state index in [4.69, 9.17) is 4.74 Å². The molecule has 1 amide bonds. The molecule has 1 aromatic carbocycles. The smallest absolute Gasteiger partial charge is 0.287 e. The lowest BCUT2D eigenvalue weighted by Gasteiger charge is -2.22. The summed E-state index contributed by atoms with van der Waals surface area (Å²) >= 11 is 0. The molecule has 0 aliphatic carbocycles. The van der Waals surface area contributed by atoms with Gasteiger partial charge in [-0.2, -0.15) is 0 Å². The van der Waals surface area contributed by atoms with E-state index in [0.717, 1.165) is 24.6 Å². The number of anilines is 2. The molecule has 5 nitrogen and oxygen atoms in total. The van der Waals surface area contributed by atoms with Crippen LogP contribution in [-0.2, 0) is 4.74 Å². The van der Waals surface area contributed by atoms with Crippen LogP contribution in [0, 0.1) is 0 Å². The van der Waals surface area contributed by atoms with Gasteiger partial charge in [0.15, 0.2) is 0 Å². The Morgan fingerprint density at radius 3 is 2.62 bits per heavy atom. The van der Waals surface area contributed by atoms with Crippen LogP contribution >= 0.6 is 0 Å². The lowest BCUT2D eigenvalue weighted by molar-refractivity contribution is -0.364. The first kappa shape index (κ1) is 13.6. The number of para-hydroxylation sites is 1. The number of hydrogen-bond acceptors (Lipinski definition) is 3. The number of nitrogens with zero attached hydrogens (tertiary/aromatic N) is 1. The lowest BCUT2D eigenvalue weighted by Crippen LogP contribution is -2.40. The van der Waals surface area contributed by atoms with E-state index in [-0.39, 0.29) is 5.91 Å². The van der Waals surface area contributed by atoms with Gasteiger partial charge in [0.25, 0.3) is 11.7 Å². The van der Waals surface area contributed by atoms with Crippen LogP contribution < -0.4 is 15.2 Å². The molecule has 0 bridgehead atoms. The molecule has 1 aliphatic heterocycles. The molecular formula is C16H18N3O2+. The van der Waals surface area contributed by atoms with Crippen molar-refractivity contribution < 1.29 is 14.5 Å². The largest absolute Gasteiger partial charge is 0.373 e. The van der Waals surface area contributed by atoms with Crippen molar-refractivity contribution in [2.24, 2.45) is 0 Å². The summed E-state index contributed by atoms with van der Waals surface area (Å²) in [4.78, 5) is 17.8. The van der Waals surface area contributed by atoms with E-state index in [0.29, 0.717) is 18.8 Å². The number of nitrogens with one attached hydrogen (secondary N) is 2. The summed E-state index contributed by atoms with van der Waals surface area (Å²) < 4.78 is 5.36. The van der Waals surface area contributed by atoms with Crippen molar-refractivity contribution in [1.82, 2.24) is 0 Å². The Bertz CT molecular complexity index is 610. The third-order valence-corrected chi connectivity index (χ3v) is 3.44. The number of hydrogen-bond donors (Lipinski definition) is 1. The van der Waals surface area contributed by atoms with Crippen molar-refractivity contribution >= 4 is 17.4 Å². The molecule has 2 N–H and O–H groups in total. The fourth-order valence-electron chi connectivity index (χ4n) is 2.38. The van der Waals surface area contributed by atoms with Crippen LogP contribution in [-0.4, -0.2) is 32.2 Å². The summed E-state index contributed by atoms with van der Waals surface area (Å²) in [6, 6.07) is 13.1. The highest BCUT2D eigenvalue weighted by Gasteiger charge is 2.25. The number of carbonyl (C=O) groups excluding carboxylic acids is 1. The number of aromatic amines is 1. The Morgan fingerprint density at radius 2 is 1.86 bits per heavy atom. The Kier molecular flexibility index (Phi) is 4.12. The van der Waals surface area contributed by atoms with Crippen molar-refractivity contribution in [3.05, 3.63) is 54.2 Å². The number of morpholine rings is 1. The van der Waals surface area contributed by atoms with Crippen molar-refractivity contribution in [1.29, 1.82) is 0 Å². The lowest BCUT2D eigenvalue weighted by atomic mass is 10.2. The average Bonchev–Trinajstić information content (AvgIpc) is 2.56. The van der Waals surface area contributed by atoms with Gasteiger partial charge in [-0.3, -0.25) is 9.69 Å².